The van der Waals surface area contributed by atoms with Gasteiger partial charge in [0.15, 0.2) is 0 Å². The van der Waals surface area contributed by atoms with E-state index in [1.54, 1.807) is 38.5 Å². The highest BCUT2D eigenvalue weighted by molar-refractivity contribution is 4.84. The lowest BCUT2D eigenvalue weighted by Gasteiger charge is -2.38. The third-order valence-corrected chi connectivity index (χ3v) is 6.12. The first-order valence-corrected chi connectivity index (χ1v) is 9.44. The molecule has 2 rings (SSSR count). The van der Waals surface area contributed by atoms with Crippen molar-refractivity contribution in [2.75, 3.05) is 0 Å². The van der Waals surface area contributed by atoms with Crippen molar-refractivity contribution >= 4 is 0 Å². The summed E-state index contributed by atoms with van der Waals surface area (Å²) in [6, 6.07) is 0. The molecule has 120 valence electrons. The number of hydrogen-bond acceptors (Lipinski definition) is 0. The first kappa shape index (κ1) is 16.1. The molecule has 20 heavy (non-hydrogen) atoms. The zero-order valence-electron chi connectivity index (χ0n) is 13.9. The van der Waals surface area contributed by atoms with E-state index >= 15 is 0 Å². The Labute approximate surface area is 130 Å². The van der Waals surface area contributed by atoms with Crippen LogP contribution in [0.15, 0.2) is 12.2 Å². The van der Waals surface area contributed by atoms with Crippen LogP contribution >= 0.6 is 0 Å². The molecule has 0 aliphatic heterocycles. The van der Waals surface area contributed by atoms with Crippen molar-refractivity contribution in [2.45, 2.75) is 90.9 Å². The first-order chi connectivity index (χ1) is 9.83. The third-order valence-electron chi connectivity index (χ3n) is 6.12. The summed E-state index contributed by atoms with van der Waals surface area (Å²) < 4.78 is 0. The van der Waals surface area contributed by atoms with Crippen LogP contribution in [0.25, 0.3) is 0 Å². The van der Waals surface area contributed by atoms with Gasteiger partial charge in [0.2, 0.25) is 0 Å². The second kappa shape index (κ2) is 8.90. The van der Waals surface area contributed by atoms with Crippen LogP contribution in [-0.2, 0) is 0 Å². The van der Waals surface area contributed by atoms with E-state index in [1.807, 2.05) is 0 Å². The Kier molecular flexibility index (Phi) is 7.17. The van der Waals surface area contributed by atoms with Gasteiger partial charge in [-0.3, -0.25) is 0 Å². The van der Waals surface area contributed by atoms with Crippen molar-refractivity contribution in [1.29, 1.82) is 0 Å². The molecule has 0 saturated heterocycles. The van der Waals surface area contributed by atoms with E-state index in [-0.39, 0.29) is 2.85 Å². The summed E-state index contributed by atoms with van der Waals surface area (Å²) in [6.45, 7) is 4.49. The Bertz CT molecular complexity index is 271. The van der Waals surface area contributed by atoms with E-state index in [9.17, 15) is 0 Å². The molecule has 2 aliphatic rings. The maximum atomic E-state index is 2.35. The average molecular weight is 281 g/mol. The van der Waals surface area contributed by atoms with Crippen LogP contribution < -0.4 is 0 Å². The zero-order chi connectivity index (χ0) is 14.2. The third kappa shape index (κ3) is 4.93. The summed E-state index contributed by atoms with van der Waals surface area (Å²) in [5, 5.41) is 0. The van der Waals surface area contributed by atoms with Gasteiger partial charge in [-0.1, -0.05) is 57.6 Å². The minimum absolute atomic E-state index is 0. The quantitative estimate of drug-likeness (QED) is 0.449. The Morgan fingerprint density at radius 2 is 1.30 bits per heavy atom. The van der Waals surface area contributed by atoms with E-state index in [1.165, 1.54) is 38.5 Å². The van der Waals surface area contributed by atoms with Gasteiger partial charge >= 0.3 is 0 Å². The molecule has 0 atom stereocenters. The van der Waals surface area contributed by atoms with Crippen molar-refractivity contribution in [3.8, 4) is 0 Å². The minimum atomic E-state index is 0. The number of allylic oxidation sites excluding steroid dienone is 2. The zero-order valence-corrected chi connectivity index (χ0v) is 13.9. The standard InChI is InChI=1S/C20H36.2H2/c1-3-5-6-8-18-11-15-20(16-12-18)19-13-9-17(7-4-2)10-14-19;;/h3,5,17-20H,4,6-16H2,1-2H3;2*1H/b5-3+;;. The van der Waals surface area contributed by atoms with Crippen LogP contribution in [0.1, 0.15) is 93.8 Å². The van der Waals surface area contributed by atoms with E-state index in [0.29, 0.717) is 0 Å². The van der Waals surface area contributed by atoms with Crippen molar-refractivity contribution in [2.24, 2.45) is 23.7 Å². The minimum Gasteiger partial charge on any atom is -0.0917 e. The fourth-order valence-corrected chi connectivity index (χ4v) is 4.80. The highest BCUT2D eigenvalue weighted by Gasteiger charge is 2.30. The maximum absolute atomic E-state index is 2.35. The predicted molar refractivity (Wildman–Crippen MR) is 94.1 cm³/mol. The summed E-state index contributed by atoms with van der Waals surface area (Å²) in [5.41, 5.74) is 0. The van der Waals surface area contributed by atoms with Gasteiger partial charge in [-0.2, -0.15) is 0 Å². The van der Waals surface area contributed by atoms with Crippen LogP contribution in [-0.4, -0.2) is 0 Å². The van der Waals surface area contributed by atoms with Crippen LogP contribution in [0.2, 0.25) is 0 Å². The lowest BCUT2D eigenvalue weighted by atomic mass is 9.68. The summed E-state index contributed by atoms with van der Waals surface area (Å²) >= 11 is 0. The number of hydrogen-bond donors (Lipinski definition) is 0. The second-order valence-electron chi connectivity index (χ2n) is 7.50. The van der Waals surface area contributed by atoms with E-state index in [0.717, 1.165) is 23.7 Å². The number of rotatable bonds is 6. The van der Waals surface area contributed by atoms with Gasteiger partial charge < -0.3 is 0 Å². The normalized spacial score (nSPS) is 35.5. The fraction of sp³-hybridized carbons (Fsp3) is 0.900. The van der Waals surface area contributed by atoms with Crippen molar-refractivity contribution in [3.63, 3.8) is 0 Å². The van der Waals surface area contributed by atoms with Gasteiger partial charge in [0.05, 0.1) is 0 Å². The molecule has 0 nitrogen and oxygen atoms in total. The van der Waals surface area contributed by atoms with E-state index in [4.69, 9.17) is 0 Å². The topological polar surface area (TPSA) is 0 Å². The lowest BCUT2D eigenvalue weighted by Crippen LogP contribution is -2.25. The van der Waals surface area contributed by atoms with Gasteiger partial charge in [-0.25, -0.2) is 0 Å². The second-order valence-corrected chi connectivity index (χ2v) is 7.50. The Balaban J connectivity index is 0.00000220. The molecule has 0 aromatic heterocycles. The summed E-state index contributed by atoms with van der Waals surface area (Å²) in [4.78, 5) is 0. The molecule has 0 heteroatoms. The van der Waals surface area contributed by atoms with Gasteiger partial charge in [-0.15, -0.1) is 0 Å². The average Bonchev–Trinajstić information content (AvgIpc) is 2.49. The maximum Gasteiger partial charge on any atom is 0 e. The molecule has 0 N–H and O–H groups in total. The lowest BCUT2D eigenvalue weighted by molar-refractivity contribution is 0.141. The van der Waals surface area contributed by atoms with Gasteiger partial charge in [0.1, 0.15) is 0 Å². The Morgan fingerprint density at radius 3 is 1.75 bits per heavy atom. The Morgan fingerprint density at radius 1 is 0.800 bits per heavy atom. The van der Waals surface area contributed by atoms with Crippen LogP contribution in [0.4, 0.5) is 0 Å². The molecule has 0 radical (unpaired) electrons. The highest BCUT2D eigenvalue weighted by atomic mass is 14.4. The predicted octanol–water partition coefficient (Wildman–Crippen LogP) is 7.25. The summed E-state index contributed by atoms with van der Waals surface area (Å²) in [6.07, 6.45) is 22.5. The van der Waals surface area contributed by atoms with Crippen LogP contribution in [0.3, 0.4) is 0 Å². The fourth-order valence-electron chi connectivity index (χ4n) is 4.80. The molecule has 2 aliphatic carbocycles. The van der Waals surface area contributed by atoms with Gasteiger partial charge in [0, 0.05) is 2.85 Å². The SMILES string of the molecule is C/C=C/CCC1CCC(C2CCC(CCC)CC2)CC1.[HH].[HH]. The van der Waals surface area contributed by atoms with Crippen molar-refractivity contribution in [3.05, 3.63) is 12.2 Å². The smallest absolute Gasteiger partial charge is 0 e. The molecule has 2 saturated carbocycles. The van der Waals surface area contributed by atoms with E-state index < -0.39 is 0 Å². The molecular weight excluding hydrogens is 240 g/mol. The van der Waals surface area contributed by atoms with E-state index in [2.05, 4.69) is 26.0 Å². The molecule has 0 heterocycles. The molecule has 0 amide bonds. The highest BCUT2D eigenvalue weighted by Crippen LogP contribution is 2.42. The van der Waals surface area contributed by atoms with Crippen LogP contribution in [0, 0.1) is 23.7 Å². The summed E-state index contributed by atoms with van der Waals surface area (Å²) in [7, 11) is 0. The molecule has 0 unspecified atom stereocenters. The molecule has 0 aromatic rings. The molecule has 0 spiro atoms. The van der Waals surface area contributed by atoms with Gasteiger partial charge in [0.25, 0.3) is 0 Å². The summed E-state index contributed by atoms with van der Waals surface area (Å²) in [5.74, 6) is 4.31. The Hall–Kier alpha value is -0.260. The molecule has 0 aromatic carbocycles. The first-order valence-electron chi connectivity index (χ1n) is 9.44. The molecule has 2 fully saturated rings. The van der Waals surface area contributed by atoms with Crippen LogP contribution in [0.5, 0.6) is 0 Å². The molecule has 0 bridgehead atoms. The monoisotopic (exact) mass is 280 g/mol. The molecular formula is C20H40. The largest absolute Gasteiger partial charge is 0.0917 e. The van der Waals surface area contributed by atoms with Crippen molar-refractivity contribution < 1.29 is 2.85 Å². The van der Waals surface area contributed by atoms with Crippen molar-refractivity contribution in [1.82, 2.24) is 0 Å². The van der Waals surface area contributed by atoms with Gasteiger partial charge in [-0.05, 0) is 69.1 Å².